The minimum Gasteiger partial charge on any atom is -0.248 e. The molecule has 3 rings (SSSR count). The highest BCUT2D eigenvalue weighted by atomic mass is 79.9. The van der Waals surface area contributed by atoms with E-state index >= 15 is 0 Å². The molecule has 0 fully saturated rings. The lowest BCUT2D eigenvalue weighted by molar-refractivity contribution is 0.418. The van der Waals surface area contributed by atoms with Crippen molar-refractivity contribution in [2.24, 2.45) is 0 Å². The molecule has 6 nitrogen and oxygen atoms in total. The number of benzene rings is 2. The highest BCUT2D eigenvalue weighted by molar-refractivity contribution is 9.10. The predicted octanol–water partition coefficient (Wildman–Crippen LogP) is 3.44. The number of sulfonamides is 1. The zero-order valence-electron chi connectivity index (χ0n) is 14.6. The van der Waals surface area contributed by atoms with Crippen molar-refractivity contribution >= 4 is 26.0 Å². The minimum atomic E-state index is -3.80. The van der Waals surface area contributed by atoms with Gasteiger partial charge in [-0.3, -0.25) is 0 Å². The fraction of sp³-hybridized carbons (Fsp3) is 0.222. The van der Waals surface area contributed by atoms with Crippen LogP contribution in [0.3, 0.4) is 0 Å². The Hall–Kier alpha value is -2.10. The van der Waals surface area contributed by atoms with Gasteiger partial charge in [0.15, 0.2) is 0 Å². The SMILES string of the molecule is CCN(Cc1cn(Cc2ccccc2)nn1)S(=O)(=O)c1ccc(F)cc1Br. The molecule has 0 atom stereocenters. The first kappa shape index (κ1) is 19.7. The molecule has 0 amide bonds. The van der Waals surface area contributed by atoms with Crippen molar-refractivity contribution in [1.29, 1.82) is 0 Å². The van der Waals surface area contributed by atoms with Gasteiger partial charge in [-0.2, -0.15) is 4.31 Å². The van der Waals surface area contributed by atoms with Crippen LogP contribution in [-0.4, -0.2) is 34.3 Å². The highest BCUT2D eigenvalue weighted by Crippen LogP contribution is 2.26. The number of aromatic nitrogens is 3. The summed E-state index contributed by atoms with van der Waals surface area (Å²) in [5, 5.41) is 8.15. The fourth-order valence-electron chi connectivity index (χ4n) is 2.63. The summed E-state index contributed by atoms with van der Waals surface area (Å²) >= 11 is 3.13. The molecule has 0 bridgehead atoms. The lowest BCUT2D eigenvalue weighted by Gasteiger charge is -2.20. The Labute approximate surface area is 165 Å². The second-order valence-corrected chi connectivity index (χ2v) is 8.66. The van der Waals surface area contributed by atoms with Gasteiger partial charge in [0.05, 0.1) is 29.9 Å². The summed E-state index contributed by atoms with van der Waals surface area (Å²) in [5.41, 5.74) is 1.61. The Morgan fingerprint density at radius 3 is 2.59 bits per heavy atom. The topological polar surface area (TPSA) is 68.1 Å². The summed E-state index contributed by atoms with van der Waals surface area (Å²) in [6.07, 6.45) is 1.73. The van der Waals surface area contributed by atoms with E-state index in [4.69, 9.17) is 0 Å². The van der Waals surface area contributed by atoms with Crippen molar-refractivity contribution in [3.8, 4) is 0 Å². The summed E-state index contributed by atoms with van der Waals surface area (Å²) in [7, 11) is -3.80. The van der Waals surface area contributed by atoms with Crippen molar-refractivity contribution < 1.29 is 12.8 Å². The molecule has 0 radical (unpaired) electrons. The van der Waals surface area contributed by atoms with Crippen molar-refractivity contribution in [2.75, 3.05) is 6.54 Å². The smallest absolute Gasteiger partial charge is 0.244 e. The molecule has 0 saturated carbocycles. The number of hydrogen-bond donors (Lipinski definition) is 0. The summed E-state index contributed by atoms with van der Waals surface area (Å²) in [5.74, 6) is -0.507. The molecule has 2 aromatic carbocycles. The molecule has 1 heterocycles. The van der Waals surface area contributed by atoms with Gasteiger partial charge in [0, 0.05) is 11.0 Å². The lowest BCUT2D eigenvalue weighted by atomic mass is 10.2. The Balaban J connectivity index is 1.79. The van der Waals surface area contributed by atoms with E-state index in [0.717, 1.165) is 17.7 Å². The van der Waals surface area contributed by atoms with Gasteiger partial charge < -0.3 is 0 Å². The maximum Gasteiger partial charge on any atom is 0.244 e. The van der Waals surface area contributed by atoms with E-state index in [9.17, 15) is 12.8 Å². The predicted molar refractivity (Wildman–Crippen MR) is 103 cm³/mol. The van der Waals surface area contributed by atoms with Crippen LogP contribution in [0.2, 0.25) is 0 Å². The van der Waals surface area contributed by atoms with Gasteiger partial charge in [0.2, 0.25) is 10.0 Å². The molecule has 0 spiro atoms. The van der Waals surface area contributed by atoms with Crippen LogP contribution in [0.5, 0.6) is 0 Å². The molecule has 0 unspecified atom stereocenters. The maximum absolute atomic E-state index is 13.3. The molecule has 0 aliphatic carbocycles. The van der Waals surface area contributed by atoms with Crippen LogP contribution in [0.25, 0.3) is 0 Å². The number of halogens is 2. The van der Waals surface area contributed by atoms with Crippen LogP contribution in [0.15, 0.2) is 64.1 Å². The Kier molecular flexibility index (Phi) is 6.03. The molecule has 3 aromatic rings. The van der Waals surface area contributed by atoms with Gasteiger partial charge in [-0.25, -0.2) is 17.5 Å². The first-order chi connectivity index (χ1) is 12.9. The molecular formula is C18H18BrFN4O2S. The van der Waals surface area contributed by atoms with E-state index < -0.39 is 15.8 Å². The average molecular weight is 453 g/mol. The lowest BCUT2D eigenvalue weighted by Crippen LogP contribution is -2.31. The molecule has 0 aliphatic heterocycles. The van der Waals surface area contributed by atoms with E-state index in [2.05, 4.69) is 26.2 Å². The third-order valence-corrected chi connectivity index (χ3v) is 6.87. The molecule has 9 heteroatoms. The van der Waals surface area contributed by atoms with Gasteiger partial charge in [0.1, 0.15) is 5.82 Å². The minimum absolute atomic E-state index is 0.0161. The van der Waals surface area contributed by atoms with Crippen LogP contribution < -0.4 is 0 Å². The molecule has 0 aliphatic rings. The van der Waals surface area contributed by atoms with Crippen LogP contribution in [0, 0.1) is 5.82 Å². The monoisotopic (exact) mass is 452 g/mol. The quantitative estimate of drug-likeness (QED) is 0.550. The third-order valence-electron chi connectivity index (χ3n) is 3.98. The second-order valence-electron chi connectivity index (χ2n) is 5.90. The van der Waals surface area contributed by atoms with E-state index in [-0.39, 0.29) is 22.5 Å². The summed E-state index contributed by atoms with van der Waals surface area (Å²) in [4.78, 5) is 0.0161. The van der Waals surface area contributed by atoms with E-state index in [1.54, 1.807) is 17.8 Å². The maximum atomic E-state index is 13.3. The normalized spacial score (nSPS) is 11.9. The van der Waals surface area contributed by atoms with Crippen molar-refractivity contribution in [3.05, 3.63) is 76.3 Å². The van der Waals surface area contributed by atoms with E-state index in [1.807, 2.05) is 30.3 Å². The Bertz CT molecular complexity index is 1020. The summed E-state index contributed by atoms with van der Waals surface area (Å²) in [6.45, 7) is 2.62. The highest BCUT2D eigenvalue weighted by Gasteiger charge is 2.26. The second kappa shape index (κ2) is 8.28. The summed E-state index contributed by atoms with van der Waals surface area (Å²) in [6, 6.07) is 13.3. The first-order valence-electron chi connectivity index (χ1n) is 8.28. The van der Waals surface area contributed by atoms with Crippen LogP contribution in [-0.2, 0) is 23.1 Å². The first-order valence-corrected chi connectivity index (χ1v) is 10.5. The van der Waals surface area contributed by atoms with E-state index in [0.29, 0.717) is 12.2 Å². The van der Waals surface area contributed by atoms with Crippen molar-refractivity contribution in [1.82, 2.24) is 19.3 Å². The largest absolute Gasteiger partial charge is 0.248 e. The standard InChI is InChI=1S/C18H18BrFN4O2S/c1-2-24(27(25,26)18-9-8-15(20)10-17(18)19)13-16-12-23(22-21-16)11-14-6-4-3-5-7-14/h3-10,12H,2,11,13H2,1H3. The zero-order valence-corrected chi connectivity index (χ0v) is 17.0. The van der Waals surface area contributed by atoms with Gasteiger partial charge in [-0.05, 0) is 39.7 Å². The van der Waals surface area contributed by atoms with Crippen LogP contribution in [0.4, 0.5) is 4.39 Å². The third kappa shape index (κ3) is 4.60. The van der Waals surface area contributed by atoms with Crippen molar-refractivity contribution in [3.63, 3.8) is 0 Å². The number of nitrogens with zero attached hydrogens (tertiary/aromatic N) is 4. The average Bonchev–Trinajstić information content (AvgIpc) is 3.07. The van der Waals surface area contributed by atoms with E-state index in [1.165, 1.54) is 10.4 Å². The number of hydrogen-bond acceptors (Lipinski definition) is 4. The Morgan fingerprint density at radius 1 is 1.19 bits per heavy atom. The Morgan fingerprint density at radius 2 is 1.93 bits per heavy atom. The van der Waals surface area contributed by atoms with Crippen molar-refractivity contribution in [2.45, 2.75) is 24.9 Å². The molecule has 1 aromatic heterocycles. The fourth-order valence-corrected chi connectivity index (χ4v) is 5.06. The van der Waals surface area contributed by atoms with Gasteiger partial charge >= 0.3 is 0 Å². The number of rotatable bonds is 7. The van der Waals surface area contributed by atoms with Gasteiger partial charge in [-0.15, -0.1) is 5.10 Å². The molecule has 0 saturated heterocycles. The molecule has 142 valence electrons. The molecule has 0 N–H and O–H groups in total. The van der Waals surface area contributed by atoms with Crippen LogP contribution >= 0.6 is 15.9 Å². The van der Waals surface area contributed by atoms with Gasteiger partial charge in [-0.1, -0.05) is 42.5 Å². The van der Waals surface area contributed by atoms with Crippen LogP contribution in [0.1, 0.15) is 18.2 Å². The van der Waals surface area contributed by atoms with Gasteiger partial charge in [0.25, 0.3) is 0 Å². The summed E-state index contributed by atoms with van der Waals surface area (Å²) < 4.78 is 42.3. The molecule has 27 heavy (non-hydrogen) atoms. The zero-order chi connectivity index (χ0) is 19.4. The molecular weight excluding hydrogens is 435 g/mol.